The predicted molar refractivity (Wildman–Crippen MR) is 131 cm³/mol. The predicted octanol–water partition coefficient (Wildman–Crippen LogP) is 5.36. The first-order valence-electron chi connectivity index (χ1n) is 11.0. The van der Waals surface area contributed by atoms with Gasteiger partial charge in [0, 0.05) is 36.8 Å². The summed E-state index contributed by atoms with van der Waals surface area (Å²) in [6.07, 6.45) is 1.05. The van der Waals surface area contributed by atoms with Gasteiger partial charge in [-0.1, -0.05) is 23.2 Å². The minimum absolute atomic E-state index is 0.0318. The van der Waals surface area contributed by atoms with Crippen LogP contribution < -0.4 is 19.9 Å². The van der Waals surface area contributed by atoms with Crippen LogP contribution in [-0.2, 0) is 19.1 Å². The van der Waals surface area contributed by atoms with Crippen LogP contribution in [0.4, 0.5) is 17.6 Å². The van der Waals surface area contributed by atoms with Crippen LogP contribution in [0.25, 0.3) is 0 Å². The number of aromatic nitrogens is 5. The van der Waals surface area contributed by atoms with E-state index in [0.29, 0.717) is 17.2 Å². The minimum atomic E-state index is -4.71. The molecule has 0 amide bonds. The van der Waals surface area contributed by atoms with Crippen molar-refractivity contribution in [3.05, 3.63) is 92.1 Å². The largest absolute Gasteiger partial charge is 0.476 e. The van der Waals surface area contributed by atoms with Crippen LogP contribution in [0.15, 0.2) is 53.8 Å². The molecule has 0 unspecified atom stereocenters. The number of hydrogen-bond donors (Lipinski definition) is 0. The molecule has 0 aliphatic carbocycles. The number of rotatable bonds is 9. The van der Waals surface area contributed by atoms with Gasteiger partial charge in [0.05, 0.1) is 30.8 Å². The summed E-state index contributed by atoms with van der Waals surface area (Å²) in [5.41, 5.74) is -0.750. The van der Waals surface area contributed by atoms with Gasteiger partial charge in [0.1, 0.15) is 10.8 Å². The Labute approximate surface area is 228 Å². The third-order valence-corrected chi connectivity index (χ3v) is 5.67. The highest BCUT2D eigenvalue weighted by molar-refractivity contribution is 6.31. The lowest BCUT2D eigenvalue weighted by Gasteiger charge is -2.12. The first-order chi connectivity index (χ1) is 18.5. The zero-order valence-corrected chi connectivity index (χ0v) is 21.4. The number of benzene rings is 1. The summed E-state index contributed by atoms with van der Waals surface area (Å²) in [6.45, 7) is 0.0820. The fraction of sp³-hybridized carbons (Fsp3) is 0.208. The highest BCUT2D eigenvalue weighted by atomic mass is 35.5. The summed E-state index contributed by atoms with van der Waals surface area (Å²) >= 11 is 11.8. The van der Waals surface area contributed by atoms with Crippen LogP contribution in [0.2, 0.25) is 10.0 Å². The summed E-state index contributed by atoms with van der Waals surface area (Å²) < 4.78 is 70.4. The van der Waals surface area contributed by atoms with Crippen molar-refractivity contribution >= 4 is 23.2 Å². The lowest BCUT2D eigenvalue weighted by atomic mass is 10.2. The number of ether oxygens (including phenoxy) is 3. The molecule has 0 aliphatic rings. The van der Waals surface area contributed by atoms with Crippen molar-refractivity contribution in [3.63, 3.8) is 0 Å². The topological polar surface area (TPSA) is 101 Å². The van der Waals surface area contributed by atoms with Crippen LogP contribution >= 0.6 is 23.2 Å². The van der Waals surface area contributed by atoms with Crippen molar-refractivity contribution in [3.8, 4) is 23.5 Å². The summed E-state index contributed by atoms with van der Waals surface area (Å²) in [5.74, 6) is -1.83. The maximum absolute atomic E-state index is 14.5. The normalized spacial score (nSPS) is 11.4. The fourth-order valence-corrected chi connectivity index (χ4v) is 3.67. The summed E-state index contributed by atoms with van der Waals surface area (Å²) in [5, 5.41) is -0.448. The molecule has 15 heteroatoms. The second-order valence-corrected chi connectivity index (χ2v) is 8.67. The zero-order chi connectivity index (χ0) is 28.2. The van der Waals surface area contributed by atoms with Gasteiger partial charge in [-0.2, -0.15) is 18.2 Å². The third-order valence-electron chi connectivity index (χ3n) is 5.08. The second kappa shape index (κ2) is 11.8. The number of alkyl halides is 3. The lowest BCUT2D eigenvalue weighted by Crippen LogP contribution is -2.24. The molecule has 4 rings (SSSR count). The van der Waals surface area contributed by atoms with Gasteiger partial charge in [-0.25, -0.2) is 24.1 Å². The van der Waals surface area contributed by atoms with Crippen molar-refractivity contribution < 1.29 is 31.8 Å². The molecule has 204 valence electrons. The lowest BCUT2D eigenvalue weighted by molar-refractivity contribution is -0.137. The molecule has 0 spiro atoms. The highest BCUT2D eigenvalue weighted by Gasteiger charge is 2.33. The van der Waals surface area contributed by atoms with Gasteiger partial charge in [-0.3, -0.25) is 4.57 Å². The Bertz CT molecular complexity index is 1530. The van der Waals surface area contributed by atoms with Gasteiger partial charge in [-0.05, 0) is 29.8 Å². The molecule has 39 heavy (non-hydrogen) atoms. The molecule has 0 radical (unpaired) electrons. The van der Waals surface area contributed by atoms with E-state index in [1.54, 1.807) is 0 Å². The quantitative estimate of drug-likeness (QED) is 0.242. The molecule has 0 saturated carbocycles. The van der Waals surface area contributed by atoms with Crippen LogP contribution in [0.5, 0.6) is 23.5 Å². The van der Waals surface area contributed by atoms with E-state index in [0.717, 1.165) is 18.2 Å². The standard InChI is InChI=1S/C24H17Cl2F4N5O4/c1-37-22-32-9-14(10-33-22)11-35-12-18(26)20(34-23(35)36)38-5-4-13-6-19(27)21(31-8-13)39-15-2-3-17(25)16(7-15)24(28,29)30/h2-3,6-10,12H,4-5,11H2,1H3. The monoisotopic (exact) mass is 585 g/mol. The van der Waals surface area contributed by atoms with Gasteiger partial charge in [0.15, 0.2) is 5.82 Å². The van der Waals surface area contributed by atoms with Crippen molar-refractivity contribution in [2.75, 3.05) is 13.7 Å². The molecular formula is C24H17Cl2F4N5O4. The average molecular weight is 586 g/mol. The first kappa shape index (κ1) is 28.0. The number of methoxy groups -OCH3 is 1. The van der Waals surface area contributed by atoms with Gasteiger partial charge < -0.3 is 14.2 Å². The van der Waals surface area contributed by atoms with E-state index in [2.05, 4.69) is 19.9 Å². The molecule has 1 aromatic carbocycles. The molecule has 4 aromatic rings. The number of hydrogen-bond acceptors (Lipinski definition) is 8. The second-order valence-electron chi connectivity index (χ2n) is 7.85. The summed E-state index contributed by atoms with van der Waals surface area (Å²) in [4.78, 5) is 28.0. The van der Waals surface area contributed by atoms with Gasteiger partial charge in [0.25, 0.3) is 5.88 Å². The Balaban J connectivity index is 1.37. The Hall–Kier alpha value is -3.97. The maximum Gasteiger partial charge on any atom is 0.417 e. The minimum Gasteiger partial charge on any atom is -0.476 e. The van der Waals surface area contributed by atoms with Gasteiger partial charge in [-0.15, -0.1) is 0 Å². The van der Waals surface area contributed by atoms with Crippen LogP contribution in [-0.4, -0.2) is 38.2 Å². The Morgan fingerprint density at radius 3 is 2.36 bits per heavy atom. The fourth-order valence-electron chi connectivity index (χ4n) is 3.23. The Morgan fingerprint density at radius 2 is 1.69 bits per heavy atom. The summed E-state index contributed by atoms with van der Waals surface area (Å²) in [6, 6.07) is 4.09. The van der Waals surface area contributed by atoms with E-state index in [1.165, 1.54) is 36.5 Å². The number of pyridine rings is 1. The highest BCUT2D eigenvalue weighted by Crippen LogP contribution is 2.37. The van der Waals surface area contributed by atoms with Crippen LogP contribution in [0.1, 0.15) is 16.7 Å². The van der Waals surface area contributed by atoms with Gasteiger partial charge >= 0.3 is 17.9 Å². The van der Waals surface area contributed by atoms with Crippen molar-refractivity contribution in [1.82, 2.24) is 24.5 Å². The Kier molecular flexibility index (Phi) is 8.51. The Morgan fingerprint density at radius 1 is 0.974 bits per heavy atom. The molecule has 0 atom stereocenters. The molecule has 0 aliphatic heterocycles. The number of halogens is 6. The van der Waals surface area contributed by atoms with E-state index in [-0.39, 0.29) is 42.2 Å². The smallest absolute Gasteiger partial charge is 0.417 e. The molecule has 0 saturated heterocycles. The number of nitrogens with zero attached hydrogens (tertiary/aromatic N) is 5. The van der Waals surface area contributed by atoms with Crippen molar-refractivity contribution in [2.45, 2.75) is 19.1 Å². The molecule has 0 N–H and O–H groups in total. The summed E-state index contributed by atoms with van der Waals surface area (Å²) in [7, 11) is 1.43. The maximum atomic E-state index is 14.5. The zero-order valence-electron chi connectivity index (χ0n) is 19.9. The third kappa shape index (κ3) is 7.12. The molecule has 3 heterocycles. The van der Waals surface area contributed by atoms with Crippen molar-refractivity contribution in [2.24, 2.45) is 0 Å². The van der Waals surface area contributed by atoms with E-state index < -0.39 is 34.1 Å². The van der Waals surface area contributed by atoms with Crippen LogP contribution in [0, 0.1) is 5.82 Å². The van der Waals surface area contributed by atoms with E-state index >= 15 is 0 Å². The van der Waals surface area contributed by atoms with Gasteiger partial charge in [0.2, 0.25) is 5.88 Å². The molecular weight excluding hydrogens is 569 g/mol. The molecule has 3 aromatic heterocycles. The molecule has 0 fully saturated rings. The van der Waals surface area contributed by atoms with Crippen LogP contribution in [0.3, 0.4) is 0 Å². The van der Waals surface area contributed by atoms with E-state index in [1.807, 2.05) is 0 Å². The SMILES string of the molecule is COc1ncc(Cn2cc(Cl)c(OCCc3cnc(Oc4ccc(Cl)c(C(F)(F)F)c4)c(F)c3)nc2=O)cn1. The van der Waals surface area contributed by atoms with E-state index in [4.69, 9.17) is 37.4 Å². The van der Waals surface area contributed by atoms with E-state index in [9.17, 15) is 22.4 Å². The molecule has 9 nitrogen and oxygen atoms in total. The van der Waals surface area contributed by atoms with Crippen molar-refractivity contribution in [1.29, 1.82) is 0 Å². The average Bonchev–Trinajstić information content (AvgIpc) is 2.89. The first-order valence-corrected chi connectivity index (χ1v) is 11.7. The molecule has 0 bridgehead atoms.